The minimum absolute atomic E-state index is 0.166. The maximum Gasteiger partial charge on any atom is 0.124 e. The summed E-state index contributed by atoms with van der Waals surface area (Å²) < 4.78 is 7.52. The molecular formula is C20H16ClN3O. The lowest BCUT2D eigenvalue weighted by Gasteiger charge is -2.21. The average Bonchev–Trinajstić information content (AvgIpc) is 3.08. The molecule has 0 fully saturated rings. The van der Waals surface area contributed by atoms with Gasteiger partial charge in [-0.3, -0.25) is 0 Å². The Morgan fingerprint density at radius 1 is 0.920 bits per heavy atom. The zero-order valence-corrected chi connectivity index (χ0v) is 14.4. The fraction of sp³-hybridized carbons (Fsp3) is 0.100. The molecule has 1 atom stereocenters. The van der Waals surface area contributed by atoms with Crippen molar-refractivity contribution in [2.45, 2.75) is 6.04 Å². The molecular weight excluding hydrogens is 334 g/mol. The van der Waals surface area contributed by atoms with E-state index in [0.29, 0.717) is 5.02 Å². The third-order valence-electron chi connectivity index (χ3n) is 4.24. The monoisotopic (exact) mass is 349 g/mol. The van der Waals surface area contributed by atoms with Gasteiger partial charge in [0.2, 0.25) is 0 Å². The number of aromatic nitrogens is 3. The highest BCUT2D eigenvalue weighted by molar-refractivity contribution is 6.30. The molecule has 124 valence electrons. The first kappa shape index (κ1) is 15.7. The van der Waals surface area contributed by atoms with Gasteiger partial charge in [-0.2, -0.15) is 0 Å². The predicted molar refractivity (Wildman–Crippen MR) is 99.2 cm³/mol. The van der Waals surface area contributed by atoms with Crippen LogP contribution in [0.2, 0.25) is 5.02 Å². The lowest BCUT2D eigenvalue weighted by atomic mass is 9.97. The molecule has 1 unspecified atom stereocenters. The largest absolute Gasteiger partial charge is 0.496 e. The van der Waals surface area contributed by atoms with Crippen molar-refractivity contribution in [3.63, 3.8) is 0 Å². The standard InChI is InChI=1S/C20H16ClN3O/c1-25-19-9-5-2-6-16(19)20(14-10-12-15(21)13-11-14)24-18-8-4-3-7-17(18)22-23-24/h2-13,20H,1H3. The molecule has 0 spiro atoms. The van der Waals surface area contributed by atoms with E-state index in [2.05, 4.69) is 16.4 Å². The number of rotatable bonds is 4. The molecule has 0 saturated carbocycles. The van der Waals surface area contributed by atoms with Gasteiger partial charge in [-0.1, -0.05) is 59.3 Å². The van der Waals surface area contributed by atoms with E-state index in [1.165, 1.54) is 0 Å². The first-order valence-corrected chi connectivity index (χ1v) is 8.34. The van der Waals surface area contributed by atoms with Crippen LogP contribution in [0.1, 0.15) is 17.2 Å². The third-order valence-corrected chi connectivity index (χ3v) is 4.49. The van der Waals surface area contributed by atoms with E-state index >= 15 is 0 Å². The summed E-state index contributed by atoms with van der Waals surface area (Å²) in [5.74, 6) is 0.807. The van der Waals surface area contributed by atoms with Crippen molar-refractivity contribution in [3.05, 3.63) is 88.9 Å². The number of methoxy groups -OCH3 is 1. The van der Waals surface area contributed by atoms with E-state index in [9.17, 15) is 0 Å². The molecule has 1 aromatic heterocycles. The Labute approximate surface area is 150 Å². The number of fused-ring (bicyclic) bond motifs is 1. The van der Waals surface area contributed by atoms with Crippen molar-refractivity contribution in [2.75, 3.05) is 7.11 Å². The minimum Gasteiger partial charge on any atom is -0.496 e. The molecule has 0 aliphatic carbocycles. The van der Waals surface area contributed by atoms with Crippen LogP contribution < -0.4 is 4.74 Å². The van der Waals surface area contributed by atoms with Gasteiger partial charge in [0.25, 0.3) is 0 Å². The Hall–Kier alpha value is -2.85. The molecule has 4 rings (SSSR count). The van der Waals surface area contributed by atoms with E-state index < -0.39 is 0 Å². The van der Waals surface area contributed by atoms with Crippen LogP contribution in [0.5, 0.6) is 5.75 Å². The summed E-state index contributed by atoms with van der Waals surface area (Å²) in [6, 6.07) is 23.5. The molecule has 0 aliphatic rings. The first-order chi connectivity index (χ1) is 12.3. The Balaban J connectivity index is 1.97. The van der Waals surface area contributed by atoms with Gasteiger partial charge in [-0.25, -0.2) is 4.68 Å². The molecule has 0 saturated heterocycles. The van der Waals surface area contributed by atoms with Crippen LogP contribution in [0.25, 0.3) is 11.0 Å². The summed E-state index contributed by atoms with van der Waals surface area (Å²) in [7, 11) is 1.68. The van der Waals surface area contributed by atoms with Crippen molar-refractivity contribution in [3.8, 4) is 5.75 Å². The van der Waals surface area contributed by atoms with Gasteiger partial charge in [0, 0.05) is 10.6 Å². The van der Waals surface area contributed by atoms with Crippen LogP contribution in [-0.4, -0.2) is 22.1 Å². The Morgan fingerprint density at radius 3 is 2.44 bits per heavy atom. The first-order valence-electron chi connectivity index (χ1n) is 7.96. The fourth-order valence-corrected chi connectivity index (χ4v) is 3.19. The zero-order valence-electron chi connectivity index (χ0n) is 13.6. The number of ether oxygens (including phenoxy) is 1. The Bertz CT molecular complexity index is 1010. The van der Waals surface area contributed by atoms with Crippen molar-refractivity contribution < 1.29 is 4.74 Å². The van der Waals surface area contributed by atoms with Crippen LogP contribution in [0.3, 0.4) is 0 Å². The van der Waals surface area contributed by atoms with E-state index in [1.807, 2.05) is 71.4 Å². The second-order valence-electron chi connectivity index (χ2n) is 5.72. The molecule has 0 radical (unpaired) electrons. The molecule has 1 heterocycles. The van der Waals surface area contributed by atoms with E-state index in [4.69, 9.17) is 16.3 Å². The van der Waals surface area contributed by atoms with Gasteiger partial charge in [0.15, 0.2) is 0 Å². The number of hydrogen-bond acceptors (Lipinski definition) is 3. The Morgan fingerprint density at radius 2 is 1.64 bits per heavy atom. The summed E-state index contributed by atoms with van der Waals surface area (Å²) in [5, 5.41) is 9.43. The quantitative estimate of drug-likeness (QED) is 0.534. The summed E-state index contributed by atoms with van der Waals surface area (Å²) >= 11 is 6.08. The number of hydrogen-bond donors (Lipinski definition) is 0. The highest BCUT2D eigenvalue weighted by Crippen LogP contribution is 2.34. The lowest BCUT2D eigenvalue weighted by molar-refractivity contribution is 0.403. The van der Waals surface area contributed by atoms with Crippen LogP contribution in [0.15, 0.2) is 72.8 Å². The van der Waals surface area contributed by atoms with Crippen molar-refractivity contribution in [2.24, 2.45) is 0 Å². The molecule has 25 heavy (non-hydrogen) atoms. The topological polar surface area (TPSA) is 39.9 Å². The van der Waals surface area contributed by atoms with Gasteiger partial charge in [0.05, 0.1) is 12.6 Å². The number of para-hydroxylation sites is 2. The lowest BCUT2D eigenvalue weighted by Crippen LogP contribution is -2.15. The summed E-state index contributed by atoms with van der Waals surface area (Å²) in [5.41, 5.74) is 3.90. The fourth-order valence-electron chi connectivity index (χ4n) is 3.07. The van der Waals surface area contributed by atoms with Crippen LogP contribution in [-0.2, 0) is 0 Å². The molecule has 0 bridgehead atoms. The van der Waals surface area contributed by atoms with Crippen molar-refractivity contribution in [1.29, 1.82) is 0 Å². The third kappa shape index (κ3) is 2.85. The smallest absolute Gasteiger partial charge is 0.124 e. The number of halogens is 1. The maximum atomic E-state index is 6.08. The highest BCUT2D eigenvalue weighted by atomic mass is 35.5. The van der Waals surface area contributed by atoms with Gasteiger partial charge in [-0.15, -0.1) is 5.10 Å². The second kappa shape index (κ2) is 6.57. The normalized spacial score (nSPS) is 12.2. The van der Waals surface area contributed by atoms with Crippen molar-refractivity contribution in [1.82, 2.24) is 15.0 Å². The van der Waals surface area contributed by atoms with Crippen LogP contribution in [0.4, 0.5) is 0 Å². The SMILES string of the molecule is COc1ccccc1C(c1ccc(Cl)cc1)n1nnc2ccccc21. The molecule has 0 aliphatic heterocycles. The summed E-state index contributed by atoms with van der Waals surface area (Å²) in [6.45, 7) is 0. The second-order valence-corrected chi connectivity index (χ2v) is 6.16. The zero-order chi connectivity index (χ0) is 17.2. The predicted octanol–water partition coefficient (Wildman–Crippen LogP) is 4.73. The summed E-state index contributed by atoms with van der Waals surface area (Å²) in [4.78, 5) is 0. The maximum absolute atomic E-state index is 6.08. The van der Waals surface area contributed by atoms with Gasteiger partial charge in [-0.05, 0) is 35.9 Å². The Kier molecular flexibility index (Phi) is 4.12. The highest BCUT2D eigenvalue weighted by Gasteiger charge is 2.23. The van der Waals surface area contributed by atoms with Crippen LogP contribution in [0, 0.1) is 0 Å². The number of benzene rings is 3. The average molecular weight is 350 g/mol. The molecule has 4 aromatic rings. The van der Waals surface area contributed by atoms with E-state index in [1.54, 1.807) is 7.11 Å². The molecule has 5 heteroatoms. The van der Waals surface area contributed by atoms with Gasteiger partial charge < -0.3 is 4.74 Å². The van der Waals surface area contributed by atoms with Crippen LogP contribution >= 0.6 is 11.6 Å². The minimum atomic E-state index is -0.166. The van der Waals surface area contributed by atoms with E-state index in [-0.39, 0.29) is 6.04 Å². The summed E-state index contributed by atoms with van der Waals surface area (Å²) in [6.07, 6.45) is 0. The molecule has 0 amide bonds. The molecule has 3 aromatic carbocycles. The van der Waals surface area contributed by atoms with Gasteiger partial charge >= 0.3 is 0 Å². The molecule has 4 nitrogen and oxygen atoms in total. The number of nitrogens with zero attached hydrogens (tertiary/aromatic N) is 3. The van der Waals surface area contributed by atoms with Crippen molar-refractivity contribution >= 4 is 22.6 Å². The molecule has 0 N–H and O–H groups in total. The van der Waals surface area contributed by atoms with Gasteiger partial charge in [0.1, 0.15) is 17.3 Å². The van der Waals surface area contributed by atoms with E-state index in [0.717, 1.165) is 27.9 Å².